The number of benzene rings is 2. The van der Waals surface area contributed by atoms with Crippen molar-refractivity contribution in [2.24, 2.45) is 5.92 Å². The molecular formula is C24H24N2O4. The molecule has 0 unspecified atom stereocenters. The lowest BCUT2D eigenvalue weighted by Gasteiger charge is -2.24. The molecule has 6 nitrogen and oxygen atoms in total. The maximum atomic E-state index is 13.1. The van der Waals surface area contributed by atoms with E-state index in [0.717, 1.165) is 41.4 Å². The highest BCUT2D eigenvalue weighted by atomic mass is 16.5. The number of carbonyl (C=O) groups is 2. The van der Waals surface area contributed by atoms with Crippen molar-refractivity contribution in [2.75, 3.05) is 19.0 Å². The number of methoxy groups -OCH3 is 1. The molecule has 154 valence electrons. The van der Waals surface area contributed by atoms with E-state index >= 15 is 0 Å². The molecule has 1 heterocycles. The van der Waals surface area contributed by atoms with Crippen molar-refractivity contribution in [1.29, 1.82) is 0 Å². The molecule has 1 aromatic heterocycles. The Bertz CT molecular complexity index is 1110. The number of carbonyl (C=O) groups excluding carboxylic acids is 2. The van der Waals surface area contributed by atoms with Gasteiger partial charge in [-0.15, -0.1) is 0 Å². The van der Waals surface area contributed by atoms with Gasteiger partial charge >= 0.3 is 5.97 Å². The molecule has 0 bridgehead atoms. The average Bonchev–Trinajstić information content (AvgIpc) is 2.76. The maximum Gasteiger partial charge on any atom is 0.339 e. The maximum absolute atomic E-state index is 13.1. The SMILES string of the molecule is COc1ccccc1NC(=O)COC(=O)c1c2c(nc3ccccc13)CC[C@H](C)C2. The first kappa shape index (κ1) is 19.9. The van der Waals surface area contributed by atoms with E-state index in [9.17, 15) is 9.59 Å². The minimum absolute atomic E-state index is 0.377. The summed E-state index contributed by atoms with van der Waals surface area (Å²) < 4.78 is 10.7. The van der Waals surface area contributed by atoms with Gasteiger partial charge in [-0.3, -0.25) is 9.78 Å². The first-order valence-electron chi connectivity index (χ1n) is 10.1. The normalized spacial score (nSPS) is 15.3. The minimum Gasteiger partial charge on any atom is -0.495 e. The Morgan fingerprint density at radius 1 is 1.13 bits per heavy atom. The van der Waals surface area contributed by atoms with E-state index in [1.807, 2.05) is 30.3 Å². The van der Waals surface area contributed by atoms with Crippen LogP contribution in [-0.2, 0) is 22.4 Å². The summed E-state index contributed by atoms with van der Waals surface area (Å²) in [6.45, 7) is 1.80. The quantitative estimate of drug-likeness (QED) is 0.646. The zero-order valence-corrected chi connectivity index (χ0v) is 17.1. The number of anilines is 1. The fraction of sp³-hybridized carbons (Fsp3) is 0.292. The highest BCUT2D eigenvalue weighted by Crippen LogP contribution is 2.32. The first-order chi connectivity index (χ1) is 14.6. The summed E-state index contributed by atoms with van der Waals surface area (Å²) in [6.07, 6.45) is 2.68. The molecule has 30 heavy (non-hydrogen) atoms. The van der Waals surface area contributed by atoms with Gasteiger partial charge in [0.1, 0.15) is 5.75 Å². The molecule has 1 atom stereocenters. The van der Waals surface area contributed by atoms with Crippen molar-refractivity contribution >= 4 is 28.5 Å². The van der Waals surface area contributed by atoms with Crippen molar-refractivity contribution in [3.8, 4) is 5.75 Å². The molecule has 1 N–H and O–H groups in total. The summed E-state index contributed by atoms with van der Waals surface area (Å²) in [6, 6.07) is 14.7. The van der Waals surface area contributed by atoms with Crippen LogP contribution in [0.1, 0.15) is 35.0 Å². The van der Waals surface area contributed by atoms with Gasteiger partial charge in [0.2, 0.25) is 0 Å². The summed E-state index contributed by atoms with van der Waals surface area (Å²) in [5.41, 5.74) is 3.74. The molecule has 4 rings (SSSR count). The van der Waals surface area contributed by atoms with Crippen LogP contribution in [0.15, 0.2) is 48.5 Å². The van der Waals surface area contributed by atoms with E-state index in [1.165, 1.54) is 7.11 Å². The molecule has 1 aliphatic rings. The highest BCUT2D eigenvalue weighted by Gasteiger charge is 2.26. The molecule has 2 aromatic carbocycles. The fourth-order valence-electron chi connectivity index (χ4n) is 3.93. The average molecular weight is 404 g/mol. The number of nitrogens with zero attached hydrogens (tertiary/aromatic N) is 1. The summed E-state index contributed by atoms with van der Waals surface area (Å²) >= 11 is 0. The van der Waals surface area contributed by atoms with Gasteiger partial charge in [-0.25, -0.2) is 4.79 Å². The van der Waals surface area contributed by atoms with Crippen LogP contribution in [0, 0.1) is 5.92 Å². The number of ether oxygens (including phenoxy) is 2. The van der Waals surface area contributed by atoms with Crippen LogP contribution in [-0.4, -0.2) is 30.6 Å². The van der Waals surface area contributed by atoms with Gasteiger partial charge in [-0.05, 0) is 48.9 Å². The Hall–Kier alpha value is -3.41. The minimum atomic E-state index is -0.492. The third-order valence-corrected chi connectivity index (χ3v) is 5.42. The summed E-state index contributed by atoms with van der Waals surface area (Å²) in [5, 5.41) is 3.49. The number of esters is 1. The number of hydrogen-bond donors (Lipinski definition) is 1. The molecule has 0 fully saturated rings. The number of amides is 1. The van der Waals surface area contributed by atoms with Gasteiger partial charge in [0.25, 0.3) is 5.91 Å². The molecule has 0 saturated heterocycles. The standard InChI is InChI=1S/C24H24N2O4/c1-15-11-12-19-17(13-15)23(16-7-3-4-8-18(16)25-19)24(28)30-14-22(27)26-20-9-5-6-10-21(20)29-2/h3-10,15H,11-14H2,1-2H3,(H,26,27)/t15-/m0/s1. The van der Waals surface area contributed by atoms with Crippen LogP contribution >= 0.6 is 0 Å². The third kappa shape index (κ3) is 3.99. The van der Waals surface area contributed by atoms with Gasteiger partial charge < -0.3 is 14.8 Å². The Kier molecular flexibility index (Phi) is 5.65. The second-order valence-electron chi connectivity index (χ2n) is 7.60. The Morgan fingerprint density at radius 3 is 2.73 bits per heavy atom. The van der Waals surface area contributed by atoms with E-state index in [-0.39, 0.29) is 6.61 Å². The van der Waals surface area contributed by atoms with Crippen molar-refractivity contribution < 1.29 is 19.1 Å². The zero-order valence-electron chi connectivity index (χ0n) is 17.1. The first-order valence-corrected chi connectivity index (χ1v) is 10.1. The molecule has 0 saturated carbocycles. The van der Waals surface area contributed by atoms with Crippen LogP contribution in [0.25, 0.3) is 10.9 Å². The van der Waals surface area contributed by atoms with Crippen LogP contribution in [0.3, 0.4) is 0 Å². The molecule has 0 aliphatic heterocycles. The van der Waals surface area contributed by atoms with E-state index < -0.39 is 11.9 Å². The second kappa shape index (κ2) is 8.53. The van der Waals surface area contributed by atoms with Crippen LogP contribution in [0.2, 0.25) is 0 Å². The van der Waals surface area contributed by atoms with E-state index in [0.29, 0.717) is 22.9 Å². The van der Waals surface area contributed by atoms with Gasteiger partial charge in [0, 0.05) is 11.1 Å². The molecule has 1 aliphatic carbocycles. The number of fused-ring (bicyclic) bond motifs is 2. The lowest BCUT2D eigenvalue weighted by Crippen LogP contribution is -2.23. The number of hydrogen-bond acceptors (Lipinski definition) is 5. The second-order valence-corrected chi connectivity index (χ2v) is 7.60. The molecule has 0 spiro atoms. The molecule has 1 amide bonds. The number of rotatable bonds is 5. The molecule has 0 radical (unpaired) electrons. The lowest BCUT2D eigenvalue weighted by molar-refractivity contribution is -0.119. The van der Waals surface area contributed by atoms with Crippen molar-refractivity contribution in [3.05, 3.63) is 65.4 Å². The summed E-state index contributed by atoms with van der Waals surface area (Å²) in [4.78, 5) is 30.2. The largest absolute Gasteiger partial charge is 0.495 e. The predicted molar refractivity (Wildman–Crippen MR) is 115 cm³/mol. The number of aryl methyl sites for hydroxylation is 1. The van der Waals surface area contributed by atoms with E-state index in [2.05, 4.69) is 12.2 Å². The highest BCUT2D eigenvalue weighted by molar-refractivity contribution is 6.06. The van der Waals surface area contributed by atoms with Crippen molar-refractivity contribution in [1.82, 2.24) is 4.98 Å². The third-order valence-electron chi connectivity index (χ3n) is 5.42. The number of nitrogens with one attached hydrogen (secondary N) is 1. The van der Waals surface area contributed by atoms with Gasteiger partial charge in [0.05, 0.1) is 23.9 Å². The van der Waals surface area contributed by atoms with Gasteiger partial charge in [-0.1, -0.05) is 37.3 Å². The molecule has 6 heteroatoms. The summed E-state index contributed by atoms with van der Waals surface area (Å²) in [5.74, 6) is 0.101. The fourth-order valence-corrected chi connectivity index (χ4v) is 3.93. The Labute approximate surface area is 175 Å². The van der Waals surface area contributed by atoms with Gasteiger partial charge in [-0.2, -0.15) is 0 Å². The summed E-state index contributed by atoms with van der Waals surface area (Å²) in [7, 11) is 1.53. The van der Waals surface area contributed by atoms with Crippen LogP contribution in [0.4, 0.5) is 5.69 Å². The van der Waals surface area contributed by atoms with Gasteiger partial charge in [0.15, 0.2) is 6.61 Å². The smallest absolute Gasteiger partial charge is 0.339 e. The number of para-hydroxylation sites is 3. The topological polar surface area (TPSA) is 77.5 Å². The molecule has 3 aromatic rings. The van der Waals surface area contributed by atoms with Crippen molar-refractivity contribution in [2.45, 2.75) is 26.2 Å². The van der Waals surface area contributed by atoms with E-state index in [4.69, 9.17) is 14.5 Å². The Morgan fingerprint density at radius 2 is 1.90 bits per heavy atom. The van der Waals surface area contributed by atoms with Crippen molar-refractivity contribution in [3.63, 3.8) is 0 Å². The monoisotopic (exact) mass is 404 g/mol. The number of aromatic nitrogens is 1. The van der Waals surface area contributed by atoms with Crippen LogP contribution in [0.5, 0.6) is 5.75 Å². The lowest BCUT2D eigenvalue weighted by atomic mass is 9.84. The predicted octanol–water partition coefficient (Wildman–Crippen LogP) is 4.16. The van der Waals surface area contributed by atoms with E-state index in [1.54, 1.807) is 18.2 Å². The van der Waals surface area contributed by atoms with Crippen LogP contribution < -0.4 is 10.1 Å². The Balaban J connectivity index is 1.56. The molecular weight excluding hydrogens is 380 g/mol. The number of pyridine rings is 1. The zero-order chi connectivity index (χ0) is 21.1.